The lowest BCUT2D eigenvalue weighted by atomic mass is 10.1. The van der Waals surface area contributed by atoms with E-state index < -0.39 is 0 Å². The van der Waals surface area contributed by atoms with E-state index in [2.05, 4.69) is 10.6 Å². The summed E-state index contributed by atoms with van der Waals surface area (Å²) in [4.78, 5) is 25.8. The molecule has 0 spiro atoms. The molecule has 2 rings (SSSR count). The number of nitrogens with zero attached hydrogens (tertiary/aromatic N) is 1. The topological polar surface area (TPSA) is 61.4 Å². The molecule has 0 heterocycles. The molecule has 0 aliphatic rings. The smallest absolute Gasteiger partial charge is 0.257 e. The third-order valence-electron chi connectivity index (χ3n) is 3.25. The Kier molecular flexibility index (Phi) is 5.95. The Bertz CT molecular complexity index is 742. The number of anilines is 2. The zero-order valence-corrected chi connectivity index (χ0v) is 14.6. The number of halogens is 1. The molecule has 0 aromatic heterocycles. The highest BCUT2D eigenvalue weighted by Crippen LogP contribution is 2.20. The van der Waals surface area contributed by atoms with E-state index in [0.717, 1.165) is 5.56 Å². The Morgan fingerprint density at radius 3 is 2.17 bits per heavy atom. The molecule has 0 saturated heterocycles. The normalized spacial score (nSPS) is 10.5. The van der Waals surface area contributed by atoms with E-state index in [1.54, 1.807) is 41.3 Å². The molecule has 0 radical (unpaired) electrons. The van der Waals surface area contributed by atoms with Gasteiger partial charge in [-0.15, -0.1) is 0 Å². The molecule has 24 heavy (non-hydrogen) atoms. The number of aryl methyl sites for hydroxylation is 1. The highest BCUT2D eigenvalue weighted by atomic mass is 35.5. The predicted molar refractivity (Wildman–Crippen MR) is 97.8 cm³/mol. The summed E-state index contributed by atoms with van der Waals surface area (Å²) < 4.78 is 0. The summed E-state index contributed by atoms with van der Waals surface area (Å²) >= 11 is 6.07. The Morgan fingerprint density at radius 1 is 1.00 bits per heavy atom. The van der Waals surface area contributed by atoms with Crippen molar-refractivity contribution < 1.29 is 9.59 Å². The fourth-order valence-electron chi connectivity index (χ4n) is 2.14. The minimum Gasteiger partial charge on any atom is -0.325 e. The third kappa shape index (κ3) is 5.08. The van der Waals surface area contributed by atoms with Gasteiger partial charge in [-0.3, -0.25) is 9.59 Å². The molecular formula is C18H20ClN3O2. The van der Waals surface area contributed by atoms with Crippen molar-refractivity contribution in [3.63, 3.8) is 0 Å². The van der Waals surface area contributed by atoms with Gasteiger partial charge in [-0.1, -0.05) is 23.2 Å². The van der Waals surface area contributed by atoms with Crippen LogP contribution in [0.4, 0.5) is 11.4 Å². The lowest BCUT2D eigenvalue weighted by Gasteiger charge is -2.11. The van der Waals surface area contributed by atoms with Gasteiger partial charge in [0.05, 0.1) is 17.1 Å². The van der Waals surface area contributed by atoms with Crippen LogP contribution in [-0.2, 0) is 4.79 Å². The van der Waals surface area contributed by atoms with Crippen molar-refractivity contribution in [3.8, 4) is 0 Å². The number of carbonyl (C=O) groups is 2. The molecule has 0 unspecified atom stereocenters. The summed E-state index contributed by atoms with van der Waals surface area (Å²) in [5.41, 5.74) is 2.69. The van der Waals surface area contributed by atoms with Crippen LogP contribution >= 0.6 is 11.6 Å². The van der Waals surface area contributed by atoms with Gasteiger partial charge in [0.15, 0.2) is 0 Å². The van der Waals surface area contributed by atoms with Gasteiger partial charge in [-0.05, 0) is 57.4 Å². The second-order valence-corrected chi connectivity index (χ2v) is 6.21. The molecular weight excluding hydrogens is 326 g/mol. The van der Waals surface area contributed by atoms with Crippen molar-refractivity contribution in [2.24, 2.45) is 0 Å². The van der Waals surface area contributed by atoms with Crippen molar-refractivity contribution in [2.45, 2.75) is 6.92 Å². The maximum absolute atomic E-state index is 12.3. The summed E-state index contributed by atoms with van der Waals surface area (Å²) in [6.07, 6.45) is 0. The van der Waals surface area contributed by atoms with Crippen molar-refractivity contribution in [1.29, 1.82) is 0 Å². The van der Waals surface area contributed by atoms with Crippen LogP contribution in [-0.4, -0.2) is 37.4 Å². The lowest BCUT2D eigenvalue weighted by Crippen LogP contribution is -2.27. The van der Waals surface area contributed by atoms with E-state index in [1.165, 1.54) is 0 Å². The van der Waals surface area contributed by atoms with E-state index in [1.807, 2.05) is 27.1 Å². The molecule has 2 amide bonds. The van der Waals surface area contributed by atoms with Gasteiger partial charge >= 0.3 is 0 Å². The maximum Gasteiger partial charge on any atom is 0.257 e. The van der Waals surface area contributed by atoms with Crippen LogP contribution in [0.15, 0.2) is 42.5 Å². The molecule has 0 fully saturated rings. The first kappa shape index (κ1) is 18.0. The summed E-state index contributed by atoms with van der Waals surface area (Å²) in [6.45, 7) is 2.21. The molecule has 0 aliphatic carbocycles. The van der Waals surface area contributed by atoms with Crippen molar-refractivity contribution >= 4 is 34.8 Å². The predicted octanol–water partition coefficient (Wildman–Crippen LogP) is 3.40. The van der Waals surface area contributed by atoms with Gasteiger partial charge in [0, 0.05) is 11.4 Å². The first-order valence-electron chi connectivity index (χ1n) is 7.47. The van der Waals surface area contributed by atoms with Crippen LogP contribution in [0.1, 0.15) is 15.9 Å². The second kappa shape index (κ2) is 7.95. The van der Waals surface area contributed by atoms with E-state index >= 15 is 0 Å². The zero-order chi connectivity index (χ0) is 17.7. The standard InChI is InChI=1S/C18H20ClN3O2/c1-12-4-9-16(19)15(10-12)18(24)21-14-7-5-13(6-8-14)20-17(23)11-22(2)3/h4-10H,11H2,1-3H3,(H,20,23)(H,21,24). The monoisotopic (exact) mass is 345 g/mol. The van der Waals surface area contributed by atoms with Crippen molar-refractivity contribution in [1.82, 2.24) is 4.90 Å². The molecule has 5 nitrogen and oxygen atoms in total. The molecule has 0 saturated carbocycles. The summed E-state index contributed by atoms with van der Waals surface area (Å²) in [7, 11) is 3.66. The summed E-state index contributed by atoms with van der Waals surface area (Å²) in [5.74, 6) is -0.364. The van der Waals surface area contributed by atoms with Gasteiger partial charge in [-0.25, -0.2) is 0 Å². The minimum atomic E-state index is -0.270. The van der Waals surface area contributed by atoms with Gasteiger partial charge < -0.3 is 15.5 Å². The van der Waals surface area contributed by atoms with Crippen molar-refractivity contribution in [3.05, 3.63) is 58.6 Å². The first-order chi connectivity index (χ1) is 11.3. The lowest BCUT2D eigenvalue weighted by molar-refractivity contribution is -0.116. The van der Waals surface area contributed by atoms with Gasteiger partial charge in [0.2, 0.25) is 5.91 Å². The molecule has 0 bridgehead atoms. The molecule has 6 heteroatoms. The van der Waals surface area contributed by atoms with Gasteiger partial charge in [0.1, 0.15) is 0 Å². The van der Waals surface area contributed by atoms with E-state index in [9.17, 15) is 9.59 Å². The fourth-order valence-corrected chi connectivity index (χ4v) is 2.34. The maximum atomic E-state index is 12.3. The third-order valence-corrected chi connectivity index (χ3v) is 3.58. The number of benzene rings is 2. The SMILES string of the molecule is Cc1ccc(Cl)c(C(=O)Nc2ccc(NC(=O)CN(C)C)cc2)c1. The zero-order valence-electron chi connectivity index (χ0n) is 13.9. The van der Waals surface area contributed by atoms with Crippen LogP contribution in [0.3, 0.4) is 0 Å². The molecule has 2 aromatic rings. The largest absolute Gasteiger partial charge is 0.325 e. The molecule has 2 aromatic carbocycles. The number of carbonyl (C=O) groups excluding carboxylic acids is 2. The average molecular weight is 346 g/mol. The Balaban J connectivity index is 2.02. The molecule has 2 N–H and O–H groups in total. The highest BCUT2D eigenvalue weighted by Gasteiger charge is 2.11. The fraction of sp³-hybridized carbons (Fsp3) is 0.222. The van der Waals surface area contributed by atoms with Gasteiger partial charge in [-0.2, -0.15) is 0 Å². The number of likely N-dealkylation sites (N-methyl/N-ethyl adjacent to an activating group) is 1. The van der Waals surface area contributed by atoms with Crippen LogP contribution in [0.25, 0.3) is 0 Å². The summed E-state index contributed by atoms with van der Waals surface area (Å²) in [6, 6.07) is 12.2. The van der Waals surface area contributed by atoms with Crippen molar-refractivity contribution in [2.75, 3.05) is 31.3 Å². The van der Waals surface area contributed by atoms with Crippen LogP contribution in [0, 0.1) is 6.92 Å². The average Bonchev–Trinajstić information content (AvgIpc) is 2.50. The Hall–Kier alpha value is -2.37. The van der Waals surface area contributed by atoms with E-state index in [0.29, 0.717) is 28.5 Å². The number of hydrogen-bond acceptors (Lipinski definition) is 3. The Morgan fingerprint density at radius 2 is 1.58 bits per heavy atom. The number of nitrogens with one attached hydrogen (secondary N) is 2. The van der Waals surface area contributed by atoms with Crippen LogP contribution < -0.4 is 10.6 Å². The first-order valence-corrected chi connectivity index (χ1v) is 7.85. The molecule has 0 aliphatic heterocycles. The van der Waals surface area contributed by atoms with E-state index in [4.69, 9.17) is 11.6 Å². The highest BCUT2D eigenvalue weighted by molar-refractivity contribution is 6.34. The number of amides is 2. The Labute approximate surface area is 146 Å². The quantitative estimate of drug-likeness (QED) is 0.873. The number of rotatable bonds is 5. The summed E-state index contributed by atoms with van der Waals surface area (Å²) in [5, 5.41) is 5.99. The van der Waals surface area contributed by atoms with Crippen LogP contribution in [0.2, 0.25) is 5.02 Å². The minimum absolute atomic E-state index is 0.0941. The van der Waals surface area contributed by atoms with Gasteiger partial charge in [0.25, 0.3) is 5.91 Å². The molecule has 126 valence electrons. The number of hydrogen-bond donors (Lipinski definition) is 2. The van der Waals surface area contributed by atoms with E-state index in [-0.39, 0.29) is 11.8 Å². The molecule has 0 atom stereocenters. The second-order valence-electron chi connectivity index (χ2n) is 5.80. The van der Waals surface area contributed by atoms with Crippen LogP contribution in [0.5, 0.6) is 0 Å².